The van der Waals surface area contributed by atoms with Crippen LogP contribution in [-0.4, -0.2) is 20.7 Å². The van der Waals surface area contributed by atoms with Gasteiger partial charge in [0.2, 0.25) is 5.95 Å². The Morgan fingerprint density at radius 3 is 2.93 bits per heavy atom. The topological polar surface area (TPSA) is 64.7 Å². The normalized spacial score (nSPS) is 21.4. The molecule has 76 valence electrons. The molecule has 0 aliphatic carbocycles. The van der Waals surface area contributed by atoms with Crippen molar-refractivity contribution in [2.75, 3.05) is 11.5 Å². The minimum Gasteiger partial charge on any atom is -0.368 e. The maximum atomic E-state index is 5.63. The van der Waals surface area contributed by atoms with E-state index in [0.29, 0.717) is 11.2 Å². The lowest BCUT2D eigenvalue weighted by Crippen LogP contribution is -2.08. The van der Waals surface area contributed by atoms with Crippen LogP contribution in [0.15, 0.2) is 0 Å². The summed E-state index contributed by atoms with van der Waals surface area (Å²) in [4.78, 5) is 12.7. The number of aromatic nitrogens is 3. The minimum atomic E-state index is 0.361. The highest BCUT2D eigenvalue weighted by molar-refractivity contribution is 7.99. The Morgan fingerprint density at radius 2 is 2.29 bits per heavy atom. The summed E-state index contributed by atoms with van der Waals surface area (Å²) in [5.41, 5.74) is 5.63. The van der Waals surface area contributed by atoms with Crippen LogP contribution in [0.2, 0.25) is 0 Å². The Balaban J connectivity index is 2.27. The van der Waals surface area contributed by atoms with Crippen LogP contribution in [0.4, 0.5) is 5.95 Å². The molecular weight excluding hydrogens is 196 g/mol. The Hall–Kier alpha value is -0.840. The number of anilines is 1. The van der Waals surface area contributed by atoms with E-state index >= 15 is 0 Å². The summed E-state index contributed by atoms with van der Waals surface area (Å²) in [6.07, 6.45) is 3.23. The van der Waals surface area contributed by atoms with Crippen molar-refractivity contribution in [2.45, 2.75) is 31.4 Å². The molecule has 0 spiro atoms. The third-order valence-corrected chi connectivity index (χ3v) is 3.62. The van der Waals surface area contributed by atoms with Crippen LogP contribution >= 0.6 is 11.8 Å². The Bertz CT molecular complexity index is 323. The third kappa shape index (κ3) is 1.97. The van der Waals surface area contributed by atoms with Gasteiger partial charge in [0.1, 0.15) is 11.6 Å². The van der Waals surface area contributed by atoms with Gasteiger partial charge in [0.25, 0.3) is 0 Å². The van der Waals surface area contributed by atoms with E-state index in [1.807, 2.05) is 18.7 Å². The lowest BCUT2D eigenvalue weighted by molar-refractivity contribution is 0.750. The fourth-order valence-electron chi connectivity index (χ4n) is 1.54. The molecule has 0 bridgehead atoms. The maximum absolute atomic E-state index is 5.63. The molecule has 4 nitrogen and oxygen atoms in total. The molecule has 2 rings (SSSR count). The average molecular weight is 210 g/mol. The fraction of sp³-hybridized carbons (Fsp3) is 0.667. The van der Waals surface area contributed by atoms with E-state index in [4.69, 9.17) is 5.73 Å². The number of nitrogens with two attached hydrogens (primary N) is 1. The smallest absolute Gasteiger partial charge is 0.223 e. The molecule has 0 amide bonds. The molecule has 1 fully saturated rings. The molecule has 1 aliphatic rings. The largest absolute Gasteiger partial charge is 0.368 e. The van der Waals surface area contributed by atoms with Gasteiger partial charge < -0.3 is 5.73 Å². The monoisotopic (exact) mass is 210 g/mol. The van der Waals surface area contributed by atoms with Gasteiger partial charge >= 0.3 is 0 Å². The van der Waals surface area contributed by atoms with E-state index in [1.165, 1.54) is 12.2 Å². The second-order valence-electron chi connectivity index (χ2n) is 3.32. The van der Waals surface area contributed by atoms with Gasteiger partial charge in [0, 0.05) is 6.42 Å². The summed E-state index contributed by atoms with van der Waals surface area (Å²) in [7, 11) is 0. The maximum Gasteiger partial charge on any atom is 0.223 e. The second kappa shape index (κ2) is 4.13. The van der Waals surface area contributed by atoms with Crippen LogP contribution in [0.1, 0.15) is 36.7 Å². The number of nitrogens with zero attached hydrogens (tertiary/aromatic N) is 3. The highest BCUT2D eigenvalue weighted by atomic mass is 32.2. The number of hydrogen-bond acceptors (Lipinski definition) is 5. The van der Waals surface area contributed by atoms with Crippen molar-refractivity contribution in [3.05, 3.63) is 11.6 Å². The van der Waals surface area contributed by atoms with Crippen molar-refractivity contribution in [1.82, 2.24) is 15.0 Å². The first-order chi connectivity index (χ1) is 6.79. The summed E-state index contributed by atoms with van der Waals surface area (Å²) in [5.74, 6) is 3.24. The first-order valence-electron chi connectivity index (χ1n) is 4.91. The van der Waals surface area contributed by atoms with Crippen LogP contribution in [-0.2, 0) is 6.42 Å². The lowest BCUT2D eigenvalue weighted by atomic mass is 10.2. The van der Waals surface area contributed by atoms with Crippen LogP contribution in [0, 0.1) is 0 Å². The second-order valence-corrected chi connectivity index (χ2v) is 4.63. The van der Waals surface area contributed by atoms with Gasteiger partial charge in [-0.25, -0.2) is 4.98 Å². The van der Waals surface area contributed by atoms with Gasteiger partial charge in [0.15, 0.2) is 0 Å². The van der Waals surface area contributed by atoms with E-state index in [0.717, 1.165) is 24.5 Å². The summed E-state index contributed by atoms with van der Waals surface area (Å²) in [6, 6.07) is 0. The molecule has 1 atom stereocenters. The number of hydrogen-bond donors (Lipinski definition) is 1. The lowest BCUT2D eigenvalue weighted by Gasteiger charge is -2.08. The van der Waals surface area contributed by atoms with Gasteiger partial charge in [0.05, 0.1) is 5.25 Å². The predicted molar refractivity (Wildman–Crippen MR) is 58.1 cm³/mol. The zero-order chi connectivity index (χ0) is 9.97. The summed E-state index contributed by atoms with van der Waals surface area (Å²) in [6.45, 7) is 2.03. The molecule has 1 unspecified atom stereocenters. The quantitative estimate of drug-likeness (QED) is 0.803. The van der Waals surface area contributed by atoms with Crippen molar-refractivity contribution in [3.63, 3.8) is 0 Å². The zero-order valence-corrected chi connectivity index (χ0v) is 9.05. The van der Waals surface area contributed by atoms with E-state index in [2.05, 4.69) is 15.0 Å². The number of aryl methyl sites for hydroxylation is 1. The fourth-order valence-corrected chi connectivity index (χ4v) is 2.75. The first kappa shape index (κ1) is 9.71. The highest BCUT2D eigenvalue weighted by Crippen LogP contribution is 2.38. The van der Waals surface area contributed by atoms with Crippen molar-refractivity contribution in [1.29, 1.82) is 0 Å². The average Bonchev–Trinajstić information content (AvgIpc) is 2.69. The molecule has 0 radical (unpaired) electrons. The number of nitrogen functional groups attached to an aromatic ring is 1. The first-order valence-corrected chi connectivity index (χ1v) is 5.96. The predicted octanol–water partition coefficient (Wildman–Crippen LogP) is 1.58. The van der Waals surface area contributed by atoms with Crippen molar-refractivity contribution in [2.24, 2.45) is 0 Å². The van der Waals surface area contributed by atoms with Gasteiger partial charge in [-0.15, -0.1) is 0 Å². The molecule has 14 heavy (non-hydrogen) atoms. The van der Waals surface area contributed by atoms with Crippen LogP contribution in [0.3, 0.4) is 0 Å². The standard InChI is InChI=1S/C9H14N4S/c1-2-7-11-8(13-9(10)12-7)6-4-3-5-14-6/h6H,2-5H2,1H3,(H2,10,11,12,13). The van der Waals surface area contributed by atoms with E-state index in [9.17, 15) is 0 Å². The molecule has 1 aromatic heterocycles. The molecule has 5 heteroatoms. The highest BCUT2D eigenvalue weighted by Gasteiger charge is 2.21. The van der Waals surface area contributed by atoms with Crippen molar-refractivity contribution in [3.8, 4) is 0 Å². The Morgan fingerprint density at radius 1 is 1.43 bits per heavy atom. The molecule has 2 N–H and O–H groups in total. The van der Waals surface area contributed by atoms with Crippen molar-refractivity contribution < 1.29 is 0 Å². The third-order valence-electron chi connectivity index (χ3n) is 2.25. The summed E-state index contributed by atoms with van der Waals surface area (Å²) >= 11 is 1.92. The van der Waals surface area contributed by atoms with Gasteiger partial charge in [-0.2, -0.15) is 21.7 Å². The van der Waals surface area contributed by atoms with Gasteiger partial charge in [-0.1, -0.05) is 6.92 Å². The molecule has 1 aromatic rings. The van der Waals surface area contributed by atoms with Gasteiger partial charge in [-0.3, -0.25) is 0 Å². The molecule has 2 heterocycles. The van der Waals surface area contributed by atoms with Crippen LogP contribution in [0.5, 0.6) is 0 Å². The Labute approximate surface area is 87.7 Å². The Kier molecular flexibility index (Phi) is 2.86. The molecule has 0 aromatic carbocycles. The minimum absolute atomic E-state index is 0.361. The molecule has 1 saturated heterocycles. The summed E-state index contributed by atoms with van der Waals surface area (Å²) in [5, 5.41) is 0.436. The SMILES string of the molecule is CCc1nc(N)nc(C2CCCS2)n1. The summed E-state index contributed by atoms with van der Waals surface area (Å²) < 4.78 is 0. The molecular formula is C9H14N4S. The van der Waals surface area contributed by atoms with Crippen molar-refractivity contribution >= 4 is 17.7 Å². The number of thioether (sulfide) groups is 1. The molecule has 1 aliphatic heterocycles. The number of rotatable bonds is 2. The van der Waals surface area contributed by atoms with E-state index in [-0.39, 0.29) is 0 Å². The molecule has 0 saturated carbocycles. The van der Waals surface area contributed by atoms with E-state index in [1.54, 1.807) is 0 Å². The van der Waals surface area contributed by atoms with E-state index < -0.39 is 0 Å². The zero-order valence-electron chi connectivity index (χ0n) is 8.23. The van der Waals surface area contributed by atoms with Crippen LogP contribution in [0.25, 0.3) is 0 Å². The van der Waals surface area contributed by atoms with Gasteiger partial charge in [-0.05, 0) is 18.6 Å². The van der Waals surface area contributed by atoms with Crippen LogP contribution < -0.4 is 5.73 Å².